The molecule has 1 saturated carbocycles. The van der Waals surface area contributed by atoms with Crippen LogP contribution in [0.5, 0.6) is 0 Å². The molecule has 1 aliphatic rings. The van der Waals surface area contributed by atoms with Crippen LogP contribution in [0, 0.1) is 0 Å². The molecule has 0 saturated heterocycles. The first-order chi connectivity index (χ1) is 11.1. The molecule has 0 bridgehead atoms. The highest BCUT2D eigenvalue weighted by Gasteiger charge is 2.25. The Hall–Kier alpha value is -2.17. The van der Waals surface area contributed by atoms with Gasteiger partial charge in [-0.3, -0.25) is 0 Å². The molecule has 2 heterocycles. The number of carbonyl (C=O) groups excluding carboxylic acids is 2. The zero-order chi connectivity index (χ0) is 16.8. The van der Waals surface area contributed by atoms with Gasteiger partial charge in [0.15, 0.2) is 0 Å². The Morgan fingerprint density at radius 2 is 2.00 bits per heavy atom. The van der Waals surface area contributed by atoms with Crippen LogP contribution in [0.25, 0.3) is 11.0 Å². The summed E-state index contributed by atoms with van der Waals surface area (Å²) < 4.78 is 0. The topological polar surface area (TPSA) is 86.3 Å². The summed E-state index contributed by atoms with van der Waals surface area (Å²) in [4.78, 5) is 26.3. The van der Waals surface area contributed by atoms with Crippen LogP contribution < -0.4 is 4.90 Å². The van der Waals surface area contributed by atoms with Gasteiger partial charge in [0.05, 0.1) is 11.8 Å². The molecule has 23 heavy (non-hydrogen) atoms. The van der Waals surface area contributed by atoms with Gasteiger partial charge in [-0.1, -0.05) is 6.92 Å². The summed E-state index contributed by atoms with van der Waals surface area (Å²) in [7, 11) is 2.18. The molecule has 0 aliphatic heterocycles. The average molecular weight is 317 g/mol. The lowest BCUT2D eigenvalue weighted by atomic mass is 9.91. The lowest BCUT2D eigenvalue weighted by Gasteiger charge is -2.36. The third-order valence-electron chi connectivity index (χ3n) is 4.58. The van der Waals surface area contributed by atoms with E-state index < -0.39 is 0 Å². The van der Waals surface area contributed by atoms with Gasteiger partial charge in [-0.25, -0.2) is 4.98 Å². The van der Waals surface area contributed by atoms with E-state index in [4.69, 9.17) is 9.59 Å². The van der Waals surface area contributed by atoms with Gasteiger partial charge in [0, 0.05) is 30.9 Å². The van der Waals surface area contributed by atoms with Crippen LogP contribution in [-0.2, 0) is 16.0 Å². The van der Waals surface area contributed by atoms with Crippen LogP contribution in [0.1, 0.15) is 38.2 Å². The maximum Gasteiger partial charge on any atom is 0.373 e. The fraction of sp³-hybridized carbons (Fsp3) is 0.529. The minimum absolute atomic E-state index is 0.102. The number of aliphatic hydroxyl groups is 1. The maximum absolute atomic E-state index is 9.69. The van der Waals surface area contributed by atoms with Gasteiger partial charge in [-0.05, 0) is 43.7 Å². The van der Waals surface area contributed by atoms with E-state index in [1.807, 2.05) is 12.4 Å². The SMILES string of the molecule is CCc1cnc2[nH]ccc2c1N(C)C1CCC(O)CC1.O=C=O. The number of aromatic nitrogens is 2. The zero-order valence-corrected chi connectivity index (χ0v) is 13.6. The van der Waals surface area contributed by atoms with Crippen molar-refractivity contribution in [2.75, 3.05) is 11.9 Å². The normalized spacial score (nSPS) is 20.5. The quantitative estimate of drug-likeness (QED) is 0.907. The minimum atomic E-state index is -0.102. The van der Waals surface area contributed by atoms with Gasteiger partial charge < -0.3 is 15.0 Å². The molecule has 0 radical (unpaired) electrons. The molecule has 3 rings (SSSR count). The van der Waals surface area contributed by atoms with E-state index in [2.05, 4.69) is 34.9 Å². The Kier molecular flexibility index (Phi) is 5.90. The summed E-state index contributed by atoms with van der Waals surface area (Å²) in [5, 5.41) is 10.9. The van der Waals surface area contributed by atoms with E-state index in [0.717, 1.165) is 37.8 Å². The molecule has 6 nitrogen and oxygen atoms in total. The second kappa shape index (κ2) is 7.90. The first-order valence-corrected chi connectivity index (χ1v) is 7.97. The first kappa shape index (κ1) is 17.2. The van der Waals surface area contributed by atoms with Crippen LogP contribution in [0.4, 0.5) is 5.69 Å². The minimum Gasteiger partial charge on any atom is -0.393 e. The maximum atomic E-state index is 9.69. The average Bonchev–Trinajstić information content (AvgIpc) is 3.03. The summed E-state index contributed by atoms with van der Waals surface area (Å²) >= 11 is 0. The molecule has 2 aromatic heterocycles. The highest BCUT2D eigenvalue weighted by molar-refractivity contribution is 5.91. The van der Waals surface area contributed by atoms with Crippen molar-refractivity contribution in [1.29, 1.82) is 0 Å². The molecule has 2 N–H and O–H groups in total. The Balaban J connectivity index is 0.000000595. The number of fused-ring (bicyclic) bond motifs is 1. The van der Waals surface area contributed by atoms with Gasteiger partial charge in [0.1, 0.15) is 5.65 Å². The molecular weight excluding hydrogens is 294 g/mol. The summed E-state index contributed by atoms with van der Waals surface area (Å²) in [5.41, 5.74) is 3.56. The second-order valence-electron chi connectivity index (χ2n) is 5.88. The number of rotatable bonds is 3. The molecule has 0 unspecified atom stereocenters. The van der Waals surface area contributed by atoms with Crippen LogP contribution in [-0.4, -0.2) is 40.4 Å². The largest absolute Gasteiger partial charge is 0.393 e. The molecule has 0 atom stereocenters. The number of aliphatic hydroxyl groups excluding tert-OH is 1. The number of anilines is 1. The van der Waals surface area contributed by atoms with Gasteiger partial charge in [-0.2, -0.15) is 9.59 Å². The van der Waals surface area contributed by atoms with Crippen LogP contribution >= 0.6 is 0 Å². The number of nitrogens with one attached hydrogen (secondary N) is 1. The van der Waals surface area contributed by atoms with E-state index >= 15 is 0 Å². The Bertz CT molecular complexity index is 669. The molecule has 2 aromatic rings. The summed E-state index contributed by atoms with van der Waals surface area (Å²) in [6.45, 7) is 2.18. The number of hydrogen-bond acceptors (Lipinski definition) is 5. The fourth-order valence-electron chi connectivity index (χ4n) is 3.34. The van der Waals surface area contributed by atoms with Crippen molar-refractivity contribution >= 4 is 22.9 Å². The Labute approximate surface area is 135 Å². The monoisotopic (exact) mass is 317 g/mol. The predicted octanol–water partition coefficient (Wildman–Crippen LogP) is 2.28. The van der Waals surface area contributed by atoms with Crippen molar-refractivity contribution in [2.45, 2.75) is 51.2 Å². The van der Waals surface area contributed by atoms with E-state index in [1.54, 1.807) is 0 Å². The predicted molar refractivity (Wildman–Crippen MR) is 87.1 cm³/mol. The second-order valence-corrected chi connectivity index (χ2v) is 5.88. The molecule has 0 amide bonds. The van der Waals surface area contributed by atoms with E-state index in [-0.39, 0.29) is 12.3 Å². The molecule has 0 aromatic carbocycles. The van der Waals surface area contributed by atoms with Crippen LogP contribution in [0.15, 0.2) is 18.5 Å². The van der Waals surface area contributed by atoms with E-state index in [9.17, 15) is 5.11 Å². The van der Waals surface area contributed by atoms with Crippen molar-refractivity contribution in [3.63, 3.8) is 0 Å². The molecule has 0 spiro atoms. The highest BCUT2D eigenvalue weighted by atomic mass is 16.3. The van der Waals surface area contributed by atoms with Crippen LogP contribution in [0.2, 0.25) is 0 Å². The summed E-state index contributed by atoms with van der Waals surface area (Å²) in [6.07, 6.45) is 9.04. The van der Waals surface area contributed by atoms with Crippen molar-refractivity contribution in [3.8, 4) is 0 Å². The molecule has 124 valence electrons. The number of hydrogen-bond donors (Lipinski definition) is 2. The van der Waals surface area contributed by atoms with Crippen LogP contribution in [0.3, 0.4) is 0 Å². The zero-order valence-electron chi connectivity index (χ0n) is 13.6. The summed E-state index contributed by atoms with van der Waals surface area (Å²) in [6, 6.07) is 2.63. The van der Waals surface area contributed by atoms with E-state index in [1.165, 1.54) is 16.6 Å². The number of nitrogens with zero attached hydrogens (tertiary/aromatic N) is 2. The molecule has 1 aliphatic carbocycles. The summed E-state index contributed by atoms with van der Waals surface area (Å²) in [5.74, 6) is 0. The highest BCUT2D eigenvalue weighted by Crippen LogP contribution is 2.33. The van der Waals surface area contributed by atoms with Gasteiger partial charge >= 0.3 is 6.15 Å². The van der Waals surface area contributed by atoms with Gasteiger partial charge in [-0.15, -0.1) is 0 Å². The van der Waals surface area contributed by atoms with Crippen molar-refractivity contribution < 1.29 is 14.7 Å². The lowest BCUT2D eigenvalue weighted by molar-refractivity contribution is -0.191. The van der Waals surface area contributed by atoms with Gasteiger partial charge in [0.25, 0.3) is 0 Å². The Morgan fingerprint density at radius 1 is 1.35 bits per heavy atom. The number of aromatic amines is 1. The van der Waals surface area contributed by atoms with E-state index in [0.29, 0.717) is 6.04 Å². The fourth-order valence-corrected chi connectivity index (χ4v) is 3.34. The molecule has 6 heteroatoms. The first-order valence-electron chi connectivity index (χ1n) is 7.97. The molecule has 1 fully saturated rings. The number of H-pyrrole nitrogens is 1. The standard InChI is InChI=1S/C16H23N3O.CO2/c1-3-11-10-18-16-14(8-9-17-16)15(11)19(2)12-4-6-13(20)7-5-12;2-1-3/h8-10,12-13,20H,3-7H2,1-2H3,(H,17,18);. The third-order valence-corrected chi connectivity index (χ3v) is 4.58. The molecular formula is C17H23N3O3. The third kappa shape index (κ3) is 3.78. The van der Waals surface area contributed by atoms with Gasteiger partial charge in [0.2, 0.25) is 0 Å². The smallest absolute Gasteiger partial charge is 0.373 e. The Morgan fingerprint density at radius 3 is 2.61 bits per heavy atom. The number of pyridine rings is 1. The van der Waals surface area contributed by atoms with Crippen molar-refractivity contribution in [1.82, 2.24) is 9.97 Å². The van der Waals surface area contributed by atoms with Crippen molar-refractivity contribution in [2.24, 2.45) is 0 Å². The van der Waals surface area contributed by atoms with Crippen molar-refractivity contribution in [3.05, 3.63) is 24.0 Å². The number of aryl methyl sites for hydroxylation is 1. The lowest BCUT2D eigenvalue weighted by Crippen LogP contribution is -2.37.